The Labute approximate surface area is 95.2 Å². The Morgan fingerprint density at radius 3 is 2.20 bits per heavy atom. The van der Waals surface area contributed by atoms with E-state index in [0.717, 1.165) is 0 Å². The van der Waals surface area contributed by atoms with Gasteiger partial charge in [-0.05, 0) is 12.8 Å². The van der Waals surface area contributed by atoms with Crippen LogP contribution >= 0.6 is 7.26 Å². The molecule has 0 aliphatic carbocycles. The van der Waals surface area contributed by atoms with Gasteiger partial charge in [-0.3, -0.25) is 0 Å². The summed E-state index contributed by atoms with van der Waals surface area (Å²) in [7, 11) is -0.456. The van der Waals surface area contributed by atoms with E-state index in [9.17, 15) is 0 Å². The van der Waals surface area contributed by atoms with Crippen LogP contribution in [0.3, 0.4) is 0 Å². The molecule has 15 heavy (non-hydrogen) atoms. The lowest BCUT2D eigenvalue weighted by atomic mass is 10.2. The van der Waals surface area contributed by atoms with Gasteiger partial charge in [0.1, 0.15) is 0 Å². The molecule has 0 aromatic carbocycles. The van der Waals surface area contributed by atoms with Gasteiger partial charge in [0, 0.05) is 39.7 Å². The first-order chi connectivity index (χ1) is 7.06. The van der Waals surface area contributed by atoms with Gasteiger partial charge in [-0.2, -0.15) is 0 Å². The average Bonchev–Trinajstić information content (AvgIpc) is 2.68. The van der Waals surface area contributed by atoms with Crippen LogP contribution in [0.25, 0.3) is 0 Å². The predicted octanol–water partition coefficient (Wildman–Crippen LogP) is 3.88. The molecule has 3 heteroatoms. The van der Waals surface area contributed by atoms with E-state index >= 15 is 0 Å². The number of rotatable bonds is 5. The van der Waals surface area contributed by atoms with Crippen molar-refractivity contribution in [1.29, 1.82) is 0 Å². The third-order valence-corrected chi connectivity index (χ3v) is 3.75. The third kappa shape index (κ3) is 13.6. The van der Waals surface area contributed by atoms with E-state index in [1.54, 1.807) is 18.7 Å². The zero-order valence-electron chi connectivity index (χ0n) is 10.7. The van der Waals surface area contributed by atoms with Crippen LogP contribution in [-0.2, 0) is 0 Å². The summed E-state index contributed by atoms with van der Waals surface area (Å²) in [4.78, 5) is 6.42. The molecule has 0 radical (unpaired) electrons. The molecule has 0 fully saturated rings. The smallest absolute Gasteiger partial charge is 0.0919 e. The summed E-state index contributed by atoms with van der Waals surface area (Å²) in [5.74, 6) is 0. The molecule has 0 spiro atoms. The first kappa shape index (κ1) is 14.6. The molecule has 0 aliphatic rings. The average molecular weight is 229 g/mol. The largest absolute Gasteiger partial charge is 0.351 e. The Morgan fingerprint density at radius 2 is 1.87 bits per heavy atom. The minimum Gasteiger partial charge on any atom is -0.351 e. The Balaban J connectivity index is 0.000000322. The maximum absolute atomic E-state index is 3.67. The Kier molecular flexibility index (Phi) is 8.70. The lowest BCUT2D eigenvalue weighted by Gasteiger charge is -2.10. The lowest BCUT2D eigenvalue weighted by molar-refractivity contribution is 0.704. The molecular formula is C12H26N2P+. The minimum absolute atomic E-state index is 0.456. The van der Waals surface area contributed by atoms with Crippen molar-refractivity contribution >= 4 is 7.26 Å². The maximum Gasteiger partial charge on any atom is 0.0919 e. The molecule has 1 aromatic rings. The monoisotopic (exact) mass is 229 g/mol. The van der Waals surface area contributed by atoms with E-state index in [1.807, 2.05) is 0 Å². The summed E-state index contributed by atoms with van der Waals surface area (Å²) < 4.78 is 0. The van der Waals surface area contributed by atoms with E-state index < -0.39 is 7.26 Å². The van der Waals surface area contributed by atoms with Crippen molar-refractivity contribution < 1.29 is 0 Å². The fraction of sp³-hybridized carbons (Fsp3) is 0.750. The van der Waals surface area contributed by atoms with Crippen molar-refractivity contribution in [1.82, 2.24) is 9.97 Å². The van der Waals surface area contributed by atoms with Gasteiger partial charge in [0.05, 0.1) is 12.5 Å². The van der Waals surface area contributed by atoms with Gasteiger partial charge in [0.15, 0.2) is 0 Å². The second-order valence-corrected chi connectivity index (χ2v) is 9.86. The molecular weight excluding hydrogens is 203 g/mol. The van der Waals surface area contributed by atoms with Gasteiger partial charge in [-0.15, -0.1) is 0 Å². The molecule has 0 bridgehead atoms. The van der Waals surface area contributed by atoms with Gasteiger partial charge in [-0.1, -0.05) is 19.8 Å². The lowest BCUT2D eigenvalue weighted by Crippen LogP contribution is -1.92. The fourth-order valence-corrected chi connectivity index (χ4v) is 2.40. The van der Waals surface area contributed by atoms with Gasteiger partial charge < -0.3 is 4.98 Å². The van der Waals surface area contributed by atoms with E-state index in [0.29, 0.717) is 0 Å². The van der Waals surface area contributed by atoms with Crippen molar-refractivity contribution in [3.63, 3.8) is 0 Å². The number of nitrogens with one attached hydrogen (secondary N) is 1. The molecule has 2 nitrogen and oxygen atoms in total. The predicted molar refractivity (Wildman–Crippen MR) is 72.3 cm³/mol. The van der Waals surface area contributed by atoms with E-state index in [4.69, 9.17) is 0 Å². The number of unbranched alkanes of at least 4 members (excludes halogenated alkanes) is 3. The number of nitrogens with zero attached hydrogens (tertiary/aromatic N) is 1. The molecule has 0 amide bonds. The summed E-state index contributed by atoms with van der Waals surface area (Å²) in [5.41, 5.74) is 0. The van der Waals surface area contributed by atoms with Crippen molar-refractivity contribution in [3.8, 4) is 0 Å². The van der Waals surface area contributed by atoms with Gasteiger partial charge in [0.2, 0.25) is 0 Å². The second kappa shape index (κ2) is 8.91. The molecule has 0 atom stereocenters. The van der Waals surface area contributed by atoms with Crippen LogP contribution in [0.2, 0.25) is 0 Å². The van der Waals surface area contributed by atoms with Crippen molar-refractivity contribution in [3.05, 3.63) is 18.7 Å². The summed E-state index contributed by atoms with van der Waals surface area (Å²) in [6.45, 7) is 9.56. The minimum atomic E-state index is -0.456. The van der Waals surface area contributed by atoms with Gasteiger partial charge in [-0.25, -0.2) is 4.98 Å². The maximum atomic E-state index is 3.67. The van der Waals surface area contributed by atoms with Crippen LogP contribution in [0.5, 0.6) is 0 Å². The third-order valence-electron chi connectivity index (χ3n) is 2.09. The molecule has 0 unspecified atom stereocenters. The number of hydrogen-bond donors (Lipinski definition) is 1. The first-order valence-electron chi connectivity index (χ1n) is 5.79. The topological polar surface area (TPSA) is 28.7 Å². The summed E-state index contributed by atoms with van der Waals surface area (Å²) >= 11 is 0. The first-order valence-corrected chi connectivity index (χ1v) is 9.11. The van der Waals surface area contributed by atoms with Crippen LogP contribution in [0.4, 0.5) is 0 Å². The Morgan fingerprint density at radius 1 is 1.13 bits per heavy atom. The van der Waals surface area contributed by atoms with Crippen LogP contribution in [0.15, 0.2) is 18.7 Å². The second-order valence-electron chi connectivity index (χ2n) is 4.84. The highest BCUT2D eigenvalue weighted by Gasteiger charge is 2.14. The highest BCUT2D eigenvalue weighted by Crippen LogP contribution is 2.47. The number of H-pyrrole nitrogens is 1. The Hall–Kier alpha value is -0.360. The van der Waals surface area contributed by atoms with Crippen LogP contribution in [-0.4, -0.2) is 36.1 Å². The number of hydrogen-bond acceptors (Lipinski definition) is 1. The fourth-order valence-electron chi connectivity index (χ4n) is 1.23. The van der Waals surface area contributed by atoms with Crippen LogP contribution < -0.4 is 0 Å². The molecule has 1 heterocycles. The molecule has 1 aromatic heterocycles. The summed E-state index contributed by atoms with van der Waals surface area (Å²) in [6.07, 6.45) is 12.3. The SMILES string of the molecule is CCCCCC[P+](C)(C)C.c1c[nH]cn1. The number of aromatic amines is 1. The number of imidazole rings is 1. The van der Waals surface area contributed by atoms with Crippen LogP contribution in [0.1, 0.15) is 32.6 Å². The molecule has 0 saturated heterocycles. The normalized spacial score (nSPS) is 10.7. The molecule has 88 valence electrons. The quantitative estimate of drug-likeness (QED) is 0.602. The summed E-state index contributed by atoms with van der Waals surface area (Å²) in [6, 6.07) is 0. The Bertz CT molecular complexity index is 185. The van der Waals surface area contributed by atoms with E-state index in [1.165, 1.54) is 31.8 Å². The molecule has 1 rings (SSSR count). The summed E-state index contributed by atoms with van der Waals surface area (Å²) in [5, 5.41) is 0. The molecule has 0 saturated carbocycles. The zero-order chi connectivity index (χ0) is 11.6. The van der Waals surface area contributed by atoms with Crippen molar-refractivity contribution in [2.75, 3.05) is 26.2 Å². The molecule has 1 N–H and O–H groups in total. The standard InChI is InChI=1S/C9H22P.C3H4N2/c1-5-6-7-8-9-10(2,3)4;1-2-5-3-4-1/h5-9H2,1-4H3;1-3H,(H,4,5)/q+1;. The number of aromatic nitrogens is 2. The highest BCUT2D eigenvalue weighted by molar-refractivity contribution is 7.73. The van der Waals surface area contributed by atoms with Crippen molar-refractivity contribution in [2.24, 2.45) is 0 Å². The van der Waals surface area contributed by atoms with E-state index in [-0.39, 0.29) is 0 Å². The van der Waals surface area contributed by atoms with E-state index in [2.05, 4.69) is 36.9 Å². The van der Waals surface area contributed by atoms with Gasteiger partial charge >= 0.3 is 0 Å². The zero-order valence-corrected chi connectivity index (χ0v) is 11.6. The highest BCUT2D eigenvalue weighted by atomic mass is 31.2. The van der Waals surface area contributed by atoms with Gasteiger partial charge in [0.25, 0.3) is 0 Å². The van der Waals surface area contributed by atoms with Crippen LogP contribution in [0, 0.1) is 0 Å². The van der Waals surface area contributed by atoms with Crippen molar-refractivity contribution in [2.45, 2.75) is 32.6 Å². The molecule has 0 aliphatic heterocycles.